The van der Waals surface area contributed by atoms with Crippen LogP contribution in [0.25, 0.3) is 0 Å². The van der Waals surface area contributed by atoms with Crippen LogP contribution >= 0.6 is 0 Å². The van der Waals surface area contributed by atoms with E-state index in [1.165, 1.54) is 0 Å². The lowest BCUT2D eigenvalue weighted by molar-refractivity contribution is 0.0312. The average molecular weight is 120 g/mol. The first kappa shape index (κ1) is 7.84. The molecule has 0 radical (unpaired) electrons. The number of nitrogens with two attached hydrogens (primary N) is 2. The Morgan fingerprint density at radius 3 is 1.38 bits per heavy atom. The van der Waals surface area contributed by atoms with Gasteiger partial charge in [-0.15, -0.1) is 0 Å². The molecule has 4 nitrogen and oxygen atoms in total. The van der Waals surface area contributed by atoms with Crippen molar-refractivity contribution in [1.82, 2.24) is 0 Å². The minimum Gasteiger partial charge on any atom is -0.389 e. The van der Waals surface area contributed by atoms with E-state index in [9.17, 15) is 0 Å². The Kier molecular flexibility index (Phi) is 3.72. The van der Waals surface area contributed by atoms with Crippen molar-refractivity contribution in [3.8, 4) is 0 Å². The maximum absolute atomic E-state index is 8.67. The van der Waals surface area contributed by atoms with Gasteiger partial charge in [0.15, 0.2) is 0 Å². The molecule has 0 aliphatic rings. The van der Waals surface area contributed by atoms with Gasteiger partial charge in [-0.25, -0.2) is 0 Å². The summed E-state index contributed by atoms with van der Waals surface area (Å²) in [6, 6.07) is 0. The van der Waals surface area contributed by atoms with E-state index in [2.05, 4.69) is 0 Å². The molecule has 1 unspecified atom stereocenters. The highest BCUT2D eigenvalue weighted by atomic mass is 16.3. The van der Waals surface area contributed by atoms with Crippen LogP contribution in [0.3, 0.4) is 0 Å². The molecule has 0 spiro atoms. The standard InChI is InChI=1S/C4H12N2O2/c5-1-3(7)4(8)2-6/h3-4,7-8H,1-2,5-6H2/t3-,4?/m0/s1. The van der Waals surface area contributed by atoms with E-state index < -0.39 is 12.2 Å². The first-order valence-electron chi connectivity index (χ1n) is 2.48. The predicted molar refractivity (Wildman–Crippen MR) is 30.1 cm³/mol. The lowest BCUT2D eigenvalue weighted by Gasteiger charge is -2.12. The van der Waals surface area contributed by atoms with E-state index in [0.717, 1.165) is 0 Å². The van der Waals surface area contributed by atoms with Gasteiger partial charge in [0.1, 0.15) is 0 Å². The summed E-state index contributed by atoms with van der Waals surface area (Å²) in [5.74, 6) is 0. The molecule has 0 amide bonds. The zero-order valence-electron chi connectivity index (χ0n) is 4.62. The molecular formula is C4H12N2O2. The fourth-order valence-electron chi connectivity index (χ4n) is 0.314. The average Bonchev–Trinajstić information content (AvgIpc) is 1.84. The molecule has 4 heteroatoms. The highest BCUT2D eigenvalue weighted by Gasteiger charge is 2.10. The Balaban J connectivity index is 3.29. The van der Waals surface area contributed by atoms with Crippen LogP contribution in [0.15, 0.2) is 0 Å². The molecule has 0 aromatic rings. The molecule has 50 valence electrons. The Morgan fingerprint density at radius 2 is 1.25 bits per heavy atom. The van der Waals surface area contributed by atoms with Gasteiger partial charge in [-0.2, -0.15) is 0 Å². The van der Waals surface area contributed by atoms with Gasteiger partial charge in [0.05, 0.1) is 12.2 Å². The van der Waals surface area contributed by atoms with E-state index in [-0.39, 0.29) is 13.1 Å². The summed E-state index contributed by atoms with van der Waals surface area (Å²) in [6.45, 7) is 0.108. The minimum atomic E-state index is -0.875. The van der Waals surface area contributed by atoms with Crippen LogP contribution in [0.2, 0.25) is 0 Å². The second kappa shape index (κ2) is 3.80. The van der Waals surface area contributed by atoms with Gasteiger partial charge in [-0.1, -0.05) is 0 Å². The van der Waals surface area contributed by atoms with E-state index in [4.69, 9.17) is 21.7 Å². The van der Waals surface area contributed by atoms with Crippen molar-refractivity contribution in [1.29, 1.82) is 0 Å². The van der Waals surface area contributed by atoms with Crippen LogP contribution in [-0.4, -0.2) is 35.5 Å². The molecule has 0 aromatic carbocycles. The maximum Gasteiger partial charge on any atom is 0.0933 e. The van der Waals surface area contributed by atoms with E-state index >= 15 is 0 Å². The summed E-state index contributed by atoms with van der Waals surface area (Å²) >= 11 is 0. The third-order valence-electron chi connectivity index (χ3n) is 0.927. The SMILES string of the molecule is NCC(O)[C@@H](O)CN. The summed E-state index contributed by atoms with van der Waals surface area (Å²) in [7, 11) is 0. The molecule has 0 aromatic heterocycles. The maximum atomic E-state index is 8.67. The van der Waals surface area contributed by atoms with Gasteiger partial charge in [-0.3, -0.25) is 0 Å². The smallest absolute Gasteiger partial charge is 0.0933 e. The quantitative estimate of drug-likeness (QED) is 0.335. The van der Waals surface area contributed by atoms with Gasteiger partial charge in [0, 0.05) is 13.1 Å². The molecule has 8 heavy (non-hydrogen) atoms. The van der Waals surface area contributed by atoms with Crippen LogP contribution < -0.4 is 11.5 Å². The van der Waals surface area contributed by atoms with Crippen LogP contribution in [0.1, 0.15) is 0 Å². The minimum absolute atomic E-state index is 0.0539. The summed E-state index contributed by atoms with van der Waals surface area (Å²) in [5, 5.41) is 17.3. The van der Waals surface area contributed by atoms with Crippen molar-refractivity contribution in [3.63, 3.8) is 0 Å². The zero-order valence-corrected chi connectivity index (χ0v) is 4.62. The summed E-state index contributed by atoms with van der Waals surface area (Å²) < 4.78 is 0. The Bertz CT molecular complexity index is 52.0. The zero-order chi connectivity index (χ0) is 6.57. The second-order valence-electron chi connectivity index (χ2n) is 1.61. The fourth-order valence-corrected chi connectivity index (χ4v) is 0.314. The van der Waals surface area contributed by atoms with Gasteiger partial charge in [0.25, 0.3) is 0 Å². The first-order chi connectivity index (χ1) is 3.72. The van der Waals surface area contributed by atoms with Crippen LogP contribution in [0.5, 0.6) is 0 Å². The third-order valence-corrected chi connectivity index (χ3v) is 0.927. The van der Waals surface area contributed by atoms with Crippen molar-refractivity contribution in [2.24, 2.45) is 11.5 Å². The third kappa shape index (κ3) is 2.23. The van der Waals surface area contributed by atoms with E-state index in [0.29, 0.717) is 0 Å². The second-order valence-corrected chi connectivity index (χ2v) is 1.61. The van der Waals surface area contributed by atoms with Crippen molar-refractivity contribution in [3.05, 3.63) is 0 Å². The van der Waals surface area contributed by atoms with Gasteiger partial charge < -0.3 is 21.7 Å². The fraction of sp³-hybridized carbons (Fsp3) is 1.00. The lowest BCUT2D eigenvalue weighted by atomic mass is 10.2. The Morgan fingerprint density at radius 1 is 1.00 bits per heavy atom. The molecule has 6 N–H and O–H groups in total. The monoisotopic (exact) mass is 120 g/mol. The molecule has 0 rings (SSSR count). The molecule has 2 atom stereocenters. The predicted octanol–water partition coefficient (Wildman–Crippen LogP) is -2.37. The van der Waals surface area contributed by atoms with E-state index in [1.807, 2.05) is 0 Å². The van der Waals surface area contributed by atoms with Crippen molar-refractivity contribution >= 4 is 0 Å². The summed E-state index contributed by atoms with van der Waals surface area (Å²) in [6.07, 6.45) is -1.75. The van der Waals surface area contributed by atoms with Crippen LogP contribution in [0.4, 0.5) is 0 Å². The highest BCUT2D eigenvalue weighted by Crippen LogP contribution is 1.85. The van der Waals surface area contributed by atoms with Gasteiger partial charge >= 0.3 is 0 Å². The summed E-state index contributed by atoms with van der Waals surface area (Å²) in [5.41, 5.74) is 9.97. The molecular weight excluding hydrogens is 108 g/mol. The van der Waals surface area contributed by atoms with Crippen molar-refractivity contribution in [2.75, 3.05) is 13.1 Å². The van der Waals surface area contributed by atoms with E-state index in [1.54, 1.807) is 0 Å². The first-order valence-corrected chi connectivity index (χ1v) is 2.48. The lowest BCUT2D eigenvalue weighted by Crippen LogP contribution is -2.38. The normalized spacial score (nSPS) is 18.0. The van der Waals surface area contributed by atoms with Gasteiger partial charge in [-0.05, 0) is 0 Å². The largest absolute Gasteiger partial charge is 0.389 e. The summed E-state index contributed by atoms with van der Waals surface area (Å²) in [4.78, 5) is 0. The Labute approximate surface area is 48.1 Å². The van der Waals surface area contributed by atoms with Crippen molar-refractivity contribution in [2.45, 2.75) is 12.2 Å². The molecule has 0 heterocycles. The van der Waals surface area contributed by atoms with Crippen LogP contribution in [-0.2, 0) is 0 Å². The van der Waals surface area contributed by atoms with Crippen LogP contribution in [0, 0.1) is 0 Å². The Hall–Kier alpha value is -0.160. The van der Waals surface area contributed by atoms with Crippen molar-refractivity contribution < 1.29 is 10.2 Å². The topological polar surface area (TPSA) is 92.5 Å². The highest BCUT2D eigenvalue weighted by molar-refractivity contribution is 4.66. The molecule has 0 aliphatic heterocycles. The number of aliphatic hydroxyl groups excluding tert-OH is 2. The number of rotatable bonds is 3. The molecule has 0 saturated carbocycles. The molecule has 0 bridgehead atoms. The number of aliphatic hydroxyl groups is 2. The van der Waals surface area contributed by atoms with Gasteiger partial charge in [0.2, 0.25) is 0 Å². The molecule has 0 aliphatic carbocycles. The number of hydrogen-bond acceptors (Lipinski definition) is 4. The molecule has 0 saturated heterocycles. The molecule has 0 fully saturated rings. The number of hydrogen-bond donors (Lipinski definition) is 4.